The van der Waals surface area contributed by atoms with Crippen LogP contribution in [0, 0.1) is 11.3 Å². The molecule has 1 aliphatic heterocycles. The molecule has 128 valence electrons. The lowest BCUT2D eigenvalue weighted by molar-refractivity contribution is 0.00578. The van der Waals surface area contributed by atoms with Crippen LogP contribution in [0.15, 0.2) is 54.6 Å². The van der Waals surface area contributed by atoms with Crippen LogP contribution >= 0.6 is 0 Å². The number of rotatable bonds is 4. The van der Waals surface area contributed by atoms with Crippen molar-refractivity contribution in [3.05, 3.63) is 60.2 Å². The Bertz CT molecular complexity index is 751. The summed E-state index contributed by atoms with van der Waals surface area (Å²) in [5, 5.41) is 12.7. The quantitative estimate of drug-likeness (QED) is 0.867. The lowest BCUT2D eigenvalue weighted by atomic mass is 9.79. The van der Waals surface area contributed by atoms with Gasteiger partial charge in [-0.15, -0.1) is 0 Å². The minimum atomic E-state index is -0.385. The van der Waals surface area contributed by atoms with Crippen molar-refractivity contribution < 1.29 is 9.31 Å². The minimum absolute atomic E-state index is 0.353. The second kappa shape index (κ2) is 6.55. The number of benzene rings is 2. The molecule has 5 heteroatoms. The number of hydrogen-bond acceptors (Lipinski definition) is 4. The number of nitrogens with zero attached hydrogens (tertiary/aromatic N) is 1. The molecule has 1 atom stereocenters. The molecule has 0 amide bonds. The number of anilines is 1. The highest BCUT2D eigenvalue weighted by atomic mass is 16.7. The van der Waals surface area contributed by atoms with Crippen LogP contribution in [0.5, 0.6) is 0 Å². The summed E-state index contributed by atoms with van der Waals surface area (Å²) in [6.07, 6.45) is 0. The molecule has 2 aromatic carbocycles. The summed E-state index contributed by atoms with van der Waals surface area (Å²) in [7, 11) is -0.375. The van der Waals surface area contributed by atoms with Gasteiger partial charge < -0.3 is 14.6 Å². The highest BCUT2D eigenvalue weighted by molar-refractivity contribution is 6.62. The molecular formula is C20H23BN2O2. The van der Waals surface area contributed by atoms with E-state index in [0.717, 1.165) is 16.7 Å². The van der Waals surface area contributed by atoms with Crippen LogP contribution in [-0.2, 0) is 9.31 Å². The van der Waals surface area contributed by atoms with Gasteiger partial charge in [0.15, 0.2) is 0 Å². The zero-order valence-electron chi connectivity index (χ0n) is 15.1. The van der Waals surface area contributed by atoms with Gasteiger partial charge in [-0.2, -0.15) is 5.26 Å². The monoisotopic (exact) mass is 334 g/mol. The maximum atomic E-state index is 9.43. The Balaban J connectivity index is 1.72. The molecule has 0 bridgehead atoms. The highest BCUT2D eigenvalue weighted by Gasteiger charge is 2.51. The first-order chi connectivity index (χ1) is 11.8. The molecule has 3 rings (SSSR count). The Labute approximate surface area is 149 Å². The molecule has 0 saturated carbocycles. The van der Waals surface area contributed by atoms with Crippen molar-refractivity contribution >= 4 is 18.3 Å². The molecule has 1 heterocycles. The second-order valence-electron chi connectivity index (χ2n) is 7.33. The molecule has 0 aromatic heterocycles. The third kappa shape index (κ3) is 3.56. The molecule has 1 aliphatic rings. The van der Waals surface area contributed by atoms with Gasteiger partial charge in [-0.05, 0) is 50.9 Å². The van der Waals surface area contributed by atoms with Gasteiger partial charge in [-0.25, -0.2) is 0 Å². The largest absolute Gasteiger partial charge is 0.494 e. The lowest BCUT2D eigenvalue weighted by Crippen LogP contribution is -2.41. The predicted molar refractivity (Wildman–Crippen MR) is 101 cm³/mol. The van der Waals surface area contributed by atoms with Gasteiger partial charge >= 0.3 is 7.12 Å². The smallest absolute Gasteiger partial charge is 0.399 e. The predicted octanol–water partition coefficient (Wildman–Crippen LogP) is 3.66. The van der Waals surface area contributed by atoms with Gasteiger partial charge in [-0.1, -0.05) is 42.5 Å². The van der Waals surface area contributed by atoms with E-state index in [1.807, 2.05) is 82.3 Å². The highest BCUT2D eigenvalue weighted by Crippen LogP contribution is 2.36. The normalized spacial score (nSPS) is 19.2. The van der Waals surface area contributed by atoms with Crippen molar-refractivity contribution in [1.82, 2.24) is 0 Å². The minimum Gasteiger partial charge on any atom is -0.399 e. The topological polar surface area (TPSA) is 54.3 Å². The van der Waals surface area contributed by atoms with Crippen LogP contribution in [0.4, 0.5) is 5.69 Å². The summed E-state index contributed by atoms with van der Waals surface area (Å²) in [4.78, 5) is 0. The standard InChI is InChI=1S/C20H23BN2O2/c1-19(2)20(3,4)25-21(24-19)16-10-12-17(13-11-16)23-18(14-22)15-8-6-5-7-9-15/h5-13,18,23H,1-4H3. The van der Waals surface area contributed by atoms with E-state index >= 15 is 0 Å². The van der Waals surface area contributed by atoms with Gasteiger partial charge in [0.25, 0.3) is 0 Å². The van der Waals surface area contributed by atoms with Crippen LogP contribution in [0.3, 0.4) is 0 Å². The van der Waals surface area contributed by atoms with Crippen molar-refractivity contribution in [3.63, 3.8) is 0 Å². The Morgan fingerprint density at radius 2 is 1.48 bits per heavy atom. The number of nitriles is 1. The Morgan fingerprint density at radius 3 is 2.00 bits per heavy atom. The molecule has 0 aliphatic carbocycles. The van der Waals surface area contributed by atoms with Crippen LogP contribution in [-0.4, -0.2) is 18.3 Å². The molecule has 2 aromatic rings. The van der Waals surface area contributed by atoms with Crippen molar-refractivity contribution in [1.29, 1.82) is 5.26 Å². The maximum Gasteiger partial charge on any atom is 0.494 e. The van der Waals surface area contributed by atoms with E-state index in [1.165, 1.54) is 0 Å². The third-order valence-corrected chi connectivity index (χ3v) is 5.01. The Kier molecular flexibility index (Phi) is 4.59. The van der Waals surface area contributed by atoms with Crippen molar-refractivity contribution in [2.45, 2.75) is 44.9 Å². The Morgan fingerprint density at radius 1 is 0.920 bits per heavy atom. The van der Waals surface area contributed by atoms with Crippen LogP contribution in [0.2, 0.25) is 0 Å². The van der Waals surface area contributed by atoms with E-state index in [-0.39, 0.29) is 24.4 Å². The van der Waals surface area contributed by atoms with Gasteiger partial charge in [0.2, 0.25) is 0 Å². The molecule has 1 unspecified atom stereocenters. The molecule has 25 heavy (non-hydrogen) atoms. The summed E-state index contributed by atoms with van der Waals surface area (Å²) in [6, 6.07) is 19.5. The van der Waals surface area contributed by atoms with E-state index in [2.05, 4.69) is 11.4 Å². The first kappa shape index (κ1) is 17.5. The average Bonchev–Trinajstić information content (AvgIpc) is 2.82. The number of hydrogen-bond donors (Lipinski definition) is 1. The zero-order chi connectivity index (χ0) is 18.1. The molecule has 0 spiro atoms. The summed E-state index contributed by atoms with van der Waals surface area (Å²) in [5.41, 5.74) is 2.09. The van der Waals surface area contributed by atoms with Gasteiger partial charge in [-0.3, -0.25) is 0 Å². The van der Waals surface area contributed by atoms with Gasteiger partial charge in [0.1, 0.15) is 6.04 Å². The van der Waals surface area contributed by atoms with E-state index in [1.54, 1.807) is 0 Å². The van der Waals surface area contributed by atoms with Crippen molar-refractivity contribution in [2.24, 2.45) is 0 Å². The Hall–Kier alpha value is -2.29. The summed E-state index contributed by atoms with van der Waals surface area (Å²) < 4.78 is 12.1. The fourth-order valence-corrected chi connectivity index (χ4v) is 2.72. The molecular weight excluding hydrogens is 311 g/mol. The first-order valence-electron chi connectivity index (χ1n) is 8.49. The zero-order valence-corrected chi connectivity index (χ0v) is 15.1. The molecule has 1 N–H and O–H groups in total. The second-order valence-corrected chi connectivity index (χ2v) is 7.33. The van der Waals surface area contributed by atoms with Crippen LogP contribution in [0.25, 0.3) is 0 Å². The van der Waals surface area contributed by atoms with E-state index in [4.69, 9.17) is 9.31 Å². The van der Waals surface area contributed by atoms with E-state index in [9.17, 15) is 5.26 Å². The maximum absolute atomic E-state index is 9.43. The summed E-state index contributed by atoms with van der Waals surface area (Å²) >= 11 is 0. The summed E-state index contributed by atoms with van der Waals surface area (Å²) in [5.74, 6) is 0. The van der Waals surface area contributed by atoms with Gasteiger partial charge in [0, 0.05) is 5.69 Å². The van der Waals surface area contributed by atoms with E-state index < -0.39 is 0 Å². The van der Waals surface area contributed by atoms with Crippen LogP contribution < -0.4 is 10.8 Å². The third-order valence-electron chi connectivity index (χ3n) is 5.01. The lowest BCUT2D eigenvalue weighted by Gasteiger charge is -2.32. The SMILES string of the molecule is CC1(C)OB(c2ccc(NC(C#N)c3ccccc3)cc2)OC1(C)C. The summed E-state index contributed by atoms with van der Waals surface area (Å²) in [6.45, 7) is 8.17. The fourth-order valence-electron chi connectivity index (χ4n) is 2.72. The van der Waals surface area contributed by atoms with Crippen molar-refractivity contribution in [2.75, 3.05) is 5.32 Å². The first-order valence-corrected chi connectivity index (χ1v) is 8.49. The molecule has 1 fully saturated rings. The van der Waals surface area contributed by atoms with E-state index in [0.29, 0.717) is 0 Å². The van der Waals surface area contributed by atoms with Gasteiger partial charge in [0.05, 0.1) is 17.3 Å². The average molecular weight is 334 g/mol. The fraction of sp³-hybridized carbons (Fsp3) is 0.350. The molecule has 1 saturated heterocycles. The van der Waals surface area contributed by atoms with Crippen molar-refractivity contribution in [3.8, 4) is 6.07 Å². The molecule has 4 nitrogen and oxygen atoms in total. The van der Waals surface area contributed by atoms with Crippen LogP contribution in [0.1, 0.15) is 39.3 Å². The number of nitrogens with one attached hydrogen (secondary N) is 1. The molecule has 0 radical (unpaired) electrons.